The molecule has 0 spiro atoms. The van der Waals surface area contributed by atoms with Crippen LogP contribution < -0.4 is 10.6 Å². The third-order valence-electron chi connectivity index (χ3n) is 3.48. The summed E-state index contributed by atoms with van der Waals surface area (Å²) in [5, 5.41) is 16.4. The quantitative estimate of drug-likeness (QED) is 0.646. The molecule has 116 valence electrons. The van der Waals surface area contributed by atoms with Crippen molar-refractivity contribution in [3.63, 3.8) is 0 Å². The normalized spacial score (nSPS) is 10.5. The Labute approximate surface area is 132 Å². The number of hydrogen-bond donors (Lipinski definition) is 3. The van der Waals surface area contributed by atoms with Crippen molar-refractivity contribution in [2.24, 2.45) is 0 Å². The van der Waals surface area contributed by atoms with Crippen molar-refractivity contribution in [2.45, 2.75) is 6.92 Å². The lowest BCUT2D eigenvalue weighted by Crippen LogP contribution is -2.20. The molecule has 4 nitrogen and oxygen atoms in total. The third-order valence-corrected chi connectivity index (χ3v) is 3.48. The van der Waals surface area contributed by atoms with Crippen LogP contribution in [0.2, 0.25) is 0 Å². The Morgan fingerprint density at radius 3 is 2.61 bits per heavy atom. The van der Waals surface area contributed by atoms with Crippen molar-refractivity contribution in [3.05, 3.63) is 66.0 Å². The molecule has 3 aromatic carbocycles. The zero-order chi connectivity index (χ0) is 16.4. The number of aryl methyl sites for hydroxylation is 1. The van der Waals surface area contributed by atoms with Gasteiger partial charge in [0.25, 0.3) is 0 Å². The van der Waals surface area contributed by atoms with E-state index < -0.39 is 11.8 Å². The number of benzene rings is 3. The molecular weight excluding hydrogens is 295 g/mol. The van der Waals surface area contributed by atoms with Crippen molar-refractivity contribution in [1.29, 1.82) is 0 Å². The van der Waals surface area contributed by atoms with Gasteiger partial charge in [0.15, 0.2) is 0 Å². The van der Waals surface area contributed by atoms with Crippen LogP contribution in [0.25, 0.3) is 10.8 Å². The molecule has 3 rings (SSSR count). The fourth-order valence-corrected chi connectivity index (χ4v) is 2.38. The number of aromatic hydroxyl groups is 1. The Morgan fingerprint density at radius 1 is 1.00 bits per heavy atom. The van der Waals surface area contributed by atoms with E-state index in [1.165, 1.54) is 6.07 Å². The lowest BCUT2D eigenvalue weighted by molar-refractivity contribution is 0.262. The zero-order valence-corrected chi connectivity index (χ0v) is 12.4. The molecule has 0 radical (unpaired) electrons. The van der Waals surface area contributed by atoms with Gasteiger partial charge in [-0.05, 0) is 48.2 Å². The summed E-state index contributed by atoms with van der Waals surface area (Å²) in [6, 6.07) is 14.2. The second-order valence-electron chi connectivity index (χ2n) is 5.27. The lowest BCUT2D eigenvalue weighted by Gasteiger charge is -2.11. The van der Waals surface area contributed by atoms with E-state index in [2.05, 4.69) is 10.6 Å². The minimum Gasteiger partial charge on any atom is -0.508 e. The molecule has 0 saturated carbocycles. The largest absolute Gasteiger partial charge is 0.508 e. The van der Waals surface area contributed by atoms with Gasteiger partial charge in [-0.2, -0.15) is 0 Å². The number of phenolic OH excluding ortho intramolecular Hbond substituents is 1. The maximum atomic E-state index is 13.7. The topological polar surface area (TPSA) is 61.4 Å². The summed E-state index contributed by atoms with van der Waals surface area (Å²) in [7, 11) is 0. The number of phenols is 1. The van der Waals surface area contributed by atoms with E-state index in [-0.39, 0.29) is 11.4 Å². The van der Waals surface area contributed by atoms with Gasteiger partial charge in [-0.15, -0.1) is 0 Å². The molecule has 3 N–H and O–H groups in total. The third kappa shape index (κ3) is 3.23. The predicted molar refractivity (Wildman–Crippen MR) is 89.4 cm³/mol. The van der Waals surface area contributed by atoms with Crippen molar-refractivity contribution in [1.82, 2.24) is 0 Å². The van der Waals surface area contributed by atoms with E-state index in [1.54, 1.807) is 42.5 Å². The van der Waals surface area contributed by atoms with Crippen LogP contribution >= 0.6 is 0 Å². The van der Waals surface area contributed by atoms with Gasteiger partial charge in [-0.1, -0.05) is 24.3 Å². The monoisotopic (exact) mass is 310 g/mol. The van der Waals surface area contributed by atoms with Gasteiger partial charge in [-0.25, -0.2) is 9.18 Å². The van der Waals surface area contributed by atoms with Crippen molar-refractivity contribution in [2.75, 3.05) is 10.6 Å². The summed E-state index contributed by atoms with van der Waals surface area (Å²) in [6.07, 6.45) is 0. The Bertz CT molecular complexity index is 893. The molecule has 23 heavy (non-hydrogen) atoms. The van der Waals surface area contributed by atoms with Crippen molar-refractivity contribution < 1.29 is 14.3 Å². The summed E-state index contributed by atoms with van der Waals surface area (Å²) >= 11 is 0. The molecule has 0 aromatic heterocycles. The van der Waals surface area contributed by atoms with Gasteiger partial charge in [-0.3, -0.25) is 0 Å². The highest BCUT2D eigenvalue weighted by atomic mass is 19.1. The Hall–Kier alpha value is -3.08. The van der Waals surface area contributed by atoms with Crippen LogP contribution in [0.5, 0.6) is 5.75 Å². The standard InChI is InChI=1S/C18H15FN2O2/c1-11-5-8-15(19)17(9-11)21-18(23)20-16-4-2-3-12-6-7-13(22)10-14(12)16/h2-10,22H,1H3,(H2,20,21,23). The smallest absolute Gasteiger partial charge is 0.323 e. The van der Waals surface area contributed by atoms with Crippen LogP contribution in [0.3, 0.4) is 0 Å². The van der Waals surface area contributed by atoms with E-state index in [9.17, 15) is 14.3 Å². The average molecular weight is 310 g/mol. The molecule has 2 amide bonds. The van der Waals surface area contributed by atoms with Crippen LogP contribution in [-0.4, -0.2) is 11.1 Å². The number of hydrogen-bond acceptors (Lipinski definition) is 2. The van der Waals surface area contributed by atoms with Crippen molar-refractivity contribution in [3.8, 4) is 5.75 Å². The molecule has 0 aliphatic carbocycles. The first-order valence-corrected chi connectivity index (χ1v) is 7.09. The van der Waals surface area contributed by atoms with Crippen molar-refractivity contribution >= 4 is 28.2 Å². The Morgan fingerprint density at radius 2 is 1.78 bits per heavy atom. The van der Waals surface area contributed by atoms with Gasteiger partial charge in [0.05, 0.1) is 11.4 Å². The summed E-state index contributed by atoms with van der Waals surface area (Å²) in [5.41, 5.74) is 1.49. The molecular formula is C18H15FN2O2. The Balaban J connectivity index is 1.86. The first kappa shape index (κ1) is 14.8. The highest BCUT2D eigenvalue weighted by Gasteiger charge is 2.09. The van der Waals surface area contributed by atoms with Crippen LogP contribution in [0.15, 0.2) is 54.6 Å². The number of nitrogens with one attached hydrogen (secondary N) is 2. The molecule has 0 saturated heterocycles. The molecule has 0 aliphatic heterocycles. The number of amides is 2. The molecule has 0 bridgehead atoms. The van der Waals surface area contributed by atoms with Gasteiger partial charge >= 0.3 is 6.03 Å². The maximum Gasteiger partial charge on any atom is 0.323 e. The molecule has 0 heterocycles. The highest BCUT2D eigenvalue weighted by Crippen LogP contribution is 2.27. The number of anilines is 2. The number of carbonyl (C=O) groups is 1. The first-order chi connectivity index (χ1) is 11.0. The van der Waals surface area contributed by atoms with E-state index in [1.807, 2.05) is 13.0 Å². The number of urea groups is 1. The summed E-state index contributed by atoms with van der Waals surface area (Å²) in [5.74, 6) is -0.391. The van der Waals surface area contributed by atoms with Crippen LogP contribution in [0.1, 0.15) is 5.56 Å². The van der Waals surface area contributed by atoms with Gasteiger partial charge in [0, 0.05) is 5.39 Å². The second kappa shape index (κ2) is 5.96. The molecule has 3 aromatic rings. The van der Waals surface area contributed by atoms with Crippen LogP contribution in [-0.2, 0) is 0 Å². The maximum absolute atomic E-state index is 13.7. The molecule has 5 heteroatoms. The molecule has 0 atom stereocenters. The van der Waals surface area contributed by atoms with Crippen LogP contribution in [0, 0.1) is 12.7 Å². The number of halogens is 1. The van der Waals surface area contributed by atoms with Gasteiger partial charge in [0.1, 0.15) is 11.6 Å². The second-order valence-corrected chi connectivity index (χ2v) is 5.27. The first-order valence-electron chi connectivity index (χ1n) is 7.09. The average Bonchev–Trinajstić information content (AvgIpc) is 2.51. The predicted octanol–water partition coefficient (Wildman–Crippen LogP) is 4.64. The zero-order valence-electron chi connectivity index (χ0n) is 12.4. The van der Waals surface area contributed by atoms with E-state index in [0.29, 0.717) is 11.1 Å². The lowest BCUT2D eigenvalue weighted by atomic mass is 10.1. The van der Waals surface area contributed by atoms with Gasteiger partial charge < -0.3 is 15.7 Å². The highest BCUT2D eigenvalue weighted by molar-refractivity contribution is 6.06. The van der Waals surface area contributed by atoms with Gasteiger partial charge in [0.2, 0.25) is 0 Å². The minimum atomic E-state index is -0.551. The number of carbonyl (C=O) groups excluding carboxylic acids is 1. The fourth-order valence-electron chi connectivity index (χ4n) is 2.38. The molecule has 0 unspecified atom stereocenters. The SMILES string of the molecule is Cc1ccc(F)c(NC(=O)Nc2cccc3ccc(O)cc23)c1. The summed E-state index contributed by atoms with van der Waals surface area (Å²) in [6.45, 7) is 1.82. The van der Waals surface area contributed by atoms with E-state index >= 15 is 0 Å². The molecule has 0 fully saturated rings. The van der Waals surface area contributed by atoms with E-state index in [0.717, 1.165) is 10.9 Å². The summed E-state index contributed by atoms with van der Waals surface area (Å²) < 4.78 is 13.7. The number of rotatable bonds is 2. The Kier molecular flexibility index (Phi) is 3.85. The summed E-state index contributed by atoms with van der Waals surface area (Å²) in [4.78, 5) is 12.1. The van der Waals surface area contributed by atoms with Crippen LogP contribution in [0.4, 0.5) is 20.6 Å². The molecule has 0 aliphatic rings. The van der Waals surface area contributed by atoms with E-state index in [4.69, 9.17) is 0 Å². The minimum absolute atomic E-state index is 0.108. The fraction of sp³-hybridized carbons (Fsp3) is 0.0556. The number of fused-ring (bicyclic) bond motifs is 1.